The zero-order chi connectivity index (χ0) is 11.9. The number of non-ortho nitro benzene ring substituents is 1. The van der Waals surface area contributed by atoms with E-state index in [0.29, 0.717) is 0 Å². The van der Waals surface area contributed by atoms with Crippen LogP contribution in [0.4, 0.5) is 11.4 Å². The van der Waals surface area contributed by atoms with E-state index < -0.39 is 0 Å². The third kappa shape index (κ3) is 1.56. The summed E-state index contributed by atoms with van der Waals surface area (Å²) in [5.74, 6) is 0. The number of rotatable bonds is 2. The van der Waals surface area contributed by atoms with Crippen LogP contribution in [0.5, 0.6) is 0 Å². The van der Waals surface area contributed by atoms with Crippen molar-refractivity contribution < 1.29 is 4.92 Å². The minimum Gasteiger partial charge on any atom is -0.367 e. The molecule has 4 heteroatoms. The van der Waals surface area contributed by atoms with Gasteiger partial charge in [0.25, 0.3) is 5.69 Å². The molecule has 1 aromatic rings. The number of fused-ring (bicyclic) bond motifs is 1. The van der Waals surface area contributed by atoms with Crippen LogP contribution in [0.15, 0.2) is 30.4 Å². The maximum absolute atomic E-state index is 10.7. The first-order chi connectivity index (χ1) is 7.50. The molecule has 1 heterocycles. The van der Waals surface area contributed by atoms with Gasteiger partial charge in [0.1, 0.15) is 0 Å². The molecule has 1 aliphatic rings. The van der Waals surface area contributed by atoms with Gasteiger partial charge in [-0.2, -0.15) is 0 Å². The first-order valence-electron chi connectivity index (χ1n) is 5.16. The van der Waals surface area contributed by atoms with Crippen molar-refractivity contribution in [2.45, 2.75) is 19.4 Å². The van der Waals surface area contributed by atoms with Crippen LogP contribution in [-0.4, -0.2) is 18.0 Å². The van der Waals surface area contributed by atoms with Crippen LogP contribution in [-0.2, 0) is 6.42 Å². The summed E-state index contributed by atoms with van der Waals surface area (Å²) in [5, 5.41) is 10.7. The van der Waals surface area contributed by atoms with E-state index in [4.69, 9.17) is 0 Å². The van der Waals surface area contributed by atoms with Gasteiger partial charge in [0, 0.05) is 24.9 Å². The molecule has 0 bridgehead atoms. The van der Waals surface area contributed by atoms with E-state index in [1.807, 2.05) is 20.0 Å². The Morgan fingerprint density at radius 2 is 2.31 bits per heavy atom. The highest BCUT2D eigenvalue weighted by Crippen LogP contribution is 2.35. The molecule has 1 aromatic carbocycles. The molecule has 1 atom stereocenters. The number of hydrogen-bond acceptors (Lipinski definition) is 3. The van der Waals surface area contributed by atoms with Gasteiger partial charge in [-0.25, -0.2) is 0 Å². The summed E-state index contributed by atoms with van der Waals surface area (Å²) in [6, 6.07) is 5.29. The van der Waals surface area contributed by atoms with Crippen molar-refractivity contribution in [3.63, 3.8) is 0 Å². The van der Waals surface area contributed by atoms with E-state index in [-0.39, 0.29) is 16.7 Å². The smallest absolute Gasteiger partial charge is 0.269 e. The largest absolute Gasteiger partial charge is 0.367 e. The molecule has 0 N–H and O–H groups in total. The lowest BCUT2D eigenvalue weighted by Gasteiger charge is -2.22. The summed E-state index contributed by atoms with van der Waals surface area (Å²) >= 11 is 0. The summed E-state index contributed by atoms with van der Waals surface area (Å²) in [5.41, 5.74) is 3.35. The van der Waals surface area contributed by atoms with Gasteiger partial charge < -0.3 is 4.90 Å². The molecule has 84 valence electrons. The molecular formula is C12H14N2O2. The van der Waals surface area contributed by atoms with Crippen LogP contribution < -0.4 is 4.90 Å². The highest BCUT2D eigenvalue weighted by molar-refractivity contribution is 5.63. The lowest BCUT2D eigenvalue weighted by Crippen LogP contribution is -2.28. The number of nitro benzene ring substituents is 1. The predicted molar refractivity (Wildman–Crippen MR) is 63.8 cm³/mol. The van der Waals surface area contributed by atoms with Crippen molar-refractivity contribution in [3.8, 4) is 0 Å². The first-order valence-corrected chi connectivity index (χ1v) is 5.16. The van der Waals surface area contributed by atoms with Crippen molar-refractivity contribution in [1.29, 1.82) is 0 Å². The molecule has 1 unspecified atom stereocenters. The van der Waals surface area contributed by atoms with Gasteiger partial charge in [0.15, 0.2) is 0 Å². The van der Waals surface area contributed by atoms with Gasteiger partial charge in [-0.05, 0) is 25.0 Å². The fraction of sp³-hybridized carbons (Fsp3) is 0.333. The Hall–Kier alpha value is -1.84. The highest BCUT2D eigenvalue weighted by atomic mass is 16.6. The molecule has 16 heavy (non-hydrogen) atoms. The zero-order valence-corrected chi connectivity index (χ0v) is 9.43. The minimum atomic E-state index is -0.353. The summed E-state index contributed by atoms with van der Waals surface area (Å²) in [6.07, 6.45) is 0.808. The fourth-order valence-electron chi connectivity index (χ4n) is 2.21. The van der Waals surface area contributed by atoms with Crippen molar-refractivity contribution in [2.24, 2.45) is 0 Å². The number of nitrogens with zero attached hydrogens (tertiary/aromatic N) is 2. The van der Waals surface area contributed by atoms with Crippen molar-refractivity contribution in [3.05, 3.63) is 46.0 Å². The second kappa shape index (κ2) is 3.63. The van der Waals surface area contributed by atoms with E-state index >= 15 is 0 Å². The lowest BCUT2D eigenvalue weighted by atomic mass is 10.1. The molecule has 4 nitrogen and oxygen atoms in total. The number of anilines is 1. The summed E-state index contributed by atoms with van der Waals surface area (Å²) < 4.78 is 0. The molecule has 0 radical (unpaired) electrons. The SMILES string of the molecule is C=C(C)C1Cc2cc([N+](=O)[O-])ccc2N1C. The molecule has 0 fully saturated rings. The molecule has 1 aliphatic heterocycles. The van der Waals surface area contributed by atoms with Crippen molar-refractivity contribution in [2.75, 3.05) is 11.9 Å². The van der Waals surface area contributed by atoms with E-state index in [1.54, 1.807) is 12.1 Å². The number of likely N-dealkylation sites (N-methyl/N-ethyl adjacent to an activating group) is 1. The van der Waals surface area contributed by atoms with Gasteiger partial charge in [-0.1, -0.05) is 12.2 Å². The summed E-state index contributed by atoms with van der Waals surface area (Å²) in [7, 11) is 2.00. The number of nitro groups is 1. The van der Waals surface area contributed by atoms with E-state index in [9.17, 15) is 10.1 Å². The second-order valence-electron chi connectivity index (χ2n) is 4.25. The van der Waals surface area contributed by atoms with Gasteiger partial charge >= 0.3 is 0 Å². The molecule has 0 aliphatic carbocycles. The monoisotopic (exact) mass is 218 g/mol. The lowest BCUT2D eigenvalue weighted by molar-refractivity contribution is -0.384. The maximum atomic E-state index is 10.7. The Morgan fingerprint density at radius 1 is 1.62 bits per heavy atom. The van der Waals surface area contributed by atoms with E-state index in [0.717, 1.165) is 23.2 Å². The van der Waals surface area contributed by atoms with Crippen LogP contribution in [0.25, 0.3) is 0 Å². The molecule has 0 amide bonds. The second-order valence-corrected chi connectivity index (χ2v) is 4.25. The zero-order valence-electron chi connectivity index (χ0n) is 9.43. The minimum absolute atomic E-state index is 0.162. The summed E-state index contributed by atoms with van der Waals surface area (Å²) in [4.78, 5) is 12.4. The predicted octanol–water partition coefficient (Wildman–Crippen LogP) is 2.53. The topological polar surface area (TPSA) is 46.4 Å². The Labute approximate surface area is 94.3 Å². The quantitative estimate of drug-likeness (QED) is 0.435. The van der Waals surface area contributed by atoms with Crippen molar-refractivity contribution in [1.82, 2.24) is 0 Å². The van der Waals surface area contributed by atoms with Crippen LogP contribution in [0, 0.1) is 10.1 Å². The standard InChI is InChI=1S/C12H14N2O2/c1-8(2)12-7-9-6-10(14(15)16)4-5-11(9)13(12)3/h4-6,12H,1,7H2,2-3H3. The van der Waals surface area contributed by atoms with E-state index in [2.05, 4.69) is 11.5 Å². The Kier molecular flexibility index (Phi) is 2.42. The third-order valence-electron chi connectivity index (χ3n) is 3.10. The maximum Gasteiger partial charge on any atom is 0.269 e. The van der Waals surface area contributed by atoms with Gasteiger partial charge in [0.2, 0.25) is 0 Å². The first kappa shape index (κ1) is 10.7. The normalized spacial score (nSPS) is 18.4. The van der Waals surface area contributed by atoms with Crippen LogP contribution in [0.2, 0.25) is 0 Å². The average molecular weight is 218 g/mol. The Bertz CT molecular complexity index is 468. The third-order valence-corrected chi connectivity index (χ3v) is 3.10. The Morgan fingerprint density at radius 3 is 2.88 bits per heavy atom. The van der Waals surface area contributed by atoms with Crippen LogP contribution >= 0.6 is 0 Å². The van der Waals surface area contributed by atoms with Gasteiger partial charge in [0.05, 0.1) is 11.0 Å². The molecule has 2 rings (SSSR count). The molecule has 0 spiro atoms. The average Bonchev–Trinajstić information content (AvgIpc) is 2.55. The van der Waals surface area contributed by atoms with Gasteiger partial charge in [-0.3, -0.25) is 10.1 Å². The molecular weight excluding hydrogens is 204 g/mol. The summed E-state index contributed by atoms with van der Waals surface area (Å²) in [6.45, 7) is 5.94. The highest BCUT2D eigenvalue weighted by Gasteiger charge is 2.28. The molecule has 0 saturated carbocycles. The van der Waals surface area contributed by atoms with Crippen molar-refractivity contribution >= 4 is 11.4 Å². The van der Waals surface area contributed by atoms with Gasteiger partial charge in [-0.15, -0.1) is 0 Å². The Balaban J connectivity index is 2.40. The van der Waals surface area contributed by atoms with Crippen LogP contribution in [0.1, 0.15) is 12.5 Å². The number of benzene rings is 1. The molecule has 0 saturated heterocycles. The van der Waals surface area contributed by atoms with E-state index in [1.165, 1.54) is 0 Å². The fourth-order valence-corrected chi connectivity index (χ4v) is 2.21. The van der Waals surface area contributed by atoms with Crippen LogP contribution in [0.3, 0.4) is 0 Å². The molecule has 0 aromatic heterocycles. The number of hydrogen-bond donors (Lipinski definition) is 0.